The van der Waals surface area contributed by atoms with Gasteiger partial charge in [0, 0.05) is 43.5 Å². The van der Waals surface area contributed by atoms with Crippen LogP contribution in [0.25, 0.3) is 10.2 Å². The molecule has 3 aromatic rings. The summed E-state index contributed by atoms with van der Waals surface area (Å²) in [4.78, 5) is 24.2. The standard InChI is InChI=1S/C22H26N4O5S2/c1-14-15(2)32-22-20(14)21(27)23-19(24-22)13-25-6-8-26(9-7-25)33(28,29)16-4-5-17-18(12-16)31-11-3-10-30-17/h4-5,12H,3,6-11,13H2,1-2H3,(H,23,24,27). The maximum absolute atomic E-state index is 13.2. The summed E-state index contributed by atoms with van der Waals surface area (Å²) in [5.74, 6) is 1.65. The zero-order chi connectivity index (χ0) is 23.2. The van der Waals surface area contributed by atoms with Crippen LogP contribution in [0.1, 0.15) is 22.7 Å². The summed E-state index contributed by atoms with van der Waals surface area (Å²) in [7, 11) is -3.64. The summed E-state index contributed by atoms with van der Waals surface area (Å²) in [6.45, 7) is 7.28. The summed E-state index contributed by atoms with van der Waals surface area (Å²) in [5.41, 5.74) is 0.858. The fraction of sp³-hybridized carbons (Fsp3) is 0.455. The second-order valence-corrected chi connectivity index (χ2v) is 11.5. The van der Waals surface area contributed by atoms with Crippen LogP contribution in [0.5, 0.6) is 11.5 Å². The predicted octanol–water partition coefficient (Wildman–Crippen LogP) is 2.27. The number of thiophene rings is 1. The zero-order valence-corrected chi connectivity index (χ0v) is 20.2. The van der Waals surface area contributed by atoms with Gasteiger partial charge in [-0.15, -0.1) is 11.3 Å². The third-order valence-electron chi connectivity index (χ3n) is 6.15. The van der Waals surface area contributed by atoms with E-state index in [1.54, 1.807) is 18.2 Å². The number of nitrogens with zero attached hydrogens (tertiary/aromatic N) is 3. The minimum atomic E-state index is -3.64. The normalized spacial score (nSPS) is 17.9. The van der Waals surface area contributed by atoms with Crippen molar-refractivity contribution in [2.24, 2.45) is 0 Å². The molecule has 0 amide bonds. The van der Waals surface area contributed by atoms with Crippen LogP contribution in [0, 0.1) is 13.8 Å². The van der Waals surface area contributed by atoms with Gasteiger partial charge in [-0.25, -0.2) is 13.4 Å². The Bertz CT molecular complexity index is 1360. The van der Waals surface area contributed by atoms with E-state index in [-0.39, 0.29) is 10.5 Å². The Kier molecular flexibility index (Phi) is 5.89. The van der Waals surface area contributed by atoms with Crippen LogP contribution in [0.4, 0.5) is 0 Å². The first-order chi connectivity index (χ1) is 15.8. The number of H-pyrrole nitrogens is 1. The molecule has 0 radical (unpaired) electrons. The number of ether oxygens (including phenoxy) is 2. The maximum atomic E-state index is 13.2. The number of sulfonamides is 1. The number of rotatable bonds is 4. The highest BCUT2D eigenvalue weighted by Gasteiger charge is 2.30. The lowest BCUT2D eigenvalue weighted by Gasteiger charge is -2.33. The van der Waals surface area contributed by atoms with E-state index in [4.69, 9.17) is 9.47 Å². The molecular weight excluding hydrogens is 464 g/mol. The number of hydrogen-bond donors (Lipinski definition) is 1. The van der Waals surface area contributed by atoms with Gasteiger partial charge in [-0.3, -0.25) is 9.69 Å². The van der Waals surface area contributed by atoms with Crippen molar-refractivity contribution >= 4 is 31.6 Å². The molecule has 5 rings (SSSR count). The van der Waals surface area contributed by atoms with Crippen LogP contribution in [0.2, 0.25) is 0 Å². The second kappa shape index (κ2) is 8.71. The van der Waals surface area contributed by atoms with Crippen LogP contribution < -0.4 is 15.0 Å². The topological polar surface area (TPSA) is 105 Å². The van der Waals surface area contributed by atoms with E-state index in [0.29, 0.717) is 68.6 Å². The zero-order valence-electron chi connectivity index (χ0n) is 18.6. The number of aromatic amines is 1. The molecule has 4 heterocycles. The molecule has 1 aromatic carbocycles. The Morgan fingerprint density at radius 2 is 1.82 bits per heavy atom. The molecule has 0 bridgehead atoms. The first-order valence-electron chi connectivity index (χ1n) is 10.9. The molecule has 1 saturated heterocycles. The number of aromatic nitrogens is 2. The van der Waals surface area contributed by atoms with Crippen molar-refractivity contribution in [1.29, 1.82) is 0 Å². The van der Waals surface area contributed by atoms with E-state index in [9.17, 15) is 13.2 Å². The van der Waals surface area contributed by atoms with Crippen molar-refractivity contribution in [2.75, 3.05) is 39.4 Å². The highest BCUT2D eigenvalue weighted by molar-refractivity contribution is 7.89. The number of piperazine rings is 1. The van der Waals surface area contributed by atoms with E-state index in [2.05, 4.69) is 14.9 Å². The van der Waals surface area contributed by atoms with Crippen molar-refractivity contribution in [3.8, 4) is 11.5 Å². The third kappa shape index (κ3) is 4.25. The van der Waals surface area contributed by atoms with Gasteiger partial charge in [0.15, 0.2) is 11.5 Å². The first-order valence-corrected chi connectivity index (χ1v) is 13.2. The molecule has 33 heavy (non-hydrogen) atoms. The lowest BCUT2D eigenvalue weighted by atomic mass is 10.2. The Morgan fingerprint density at radius 1 is 1.09 bits per heavy atom. The van der Waals surface area contributed by atoms with E-state index in [1.165, 1.54) is 15.6 Å². The molecule has 0 unspecified atom stereocenters. The van der Waals surface area contributed by atoms with Gasteiger partial charge in [-0.05, 0) is 31.5 Å². The van der Waals surface area contributed by atoms with Crippen LogP contribution in [0.3, 0.4) is 0 Å². The summed E-state index contributed by atoms with van der Waals surface area (Å²) < 4.78 is 39.2. The minimum Gasteiger partial charge on any atom is -0.490 e. The van der Waals surface area contributed by atoms with E-state index in [0.717, 1.165) is 21.7 Å². The van der Waals surface area contributed by atoms with E-state index >= 15 is 0 Å². The maximum Gasteiger partial charge on any atom is 0.259 e. The molecule has 0 spiro atoms. The van der Waals surface area contributed by atoms with E-state index < -0.39 is 10.0 Å². The summed E-state index contributed by atoms with van der Waals surface area (Å²) in [5, 5.41) is 0.660. The van der Waals surface area contributed by atoms with Crippen molar-refractivity contribution in [2.45, 2.75) is 31.7 Å². The molecule has 0 aliphatic carbocycles. The van der Waals surface area contributed by atoms with Crippen LogP contribution in [-0.2, 0) is 16.6 Å². The third-order valence-corrected chi connectivity index (χ3v) is 9.15. The van der Waals surface area contributed by atoms with Crippen LogP contribution in [0.15, 0.2) is 27.9 Å². The smallest absolute Gasteiger partial charge is 0.259 e. The molecule has 176 valence electrons. The highest BCUT2D eigenvalue weighted by Crippen LogP contribution is 2.33. The number of benzene rings is 1. The molecule has 1 fully saturated rings. The lowest BCUT2D eigenvalue weighted by Crippen LogP contribution is -2.48. The first kappa shape index (κ1) is 22.3. The molecule has 0 atom stereocenters. The number of fused-ring (bicyclic) bond motifs is 2. The van der Waals surface area contributed by atoms with Crippen molar-refractivity contribution in [3.63, 3.8) is 0 Å². The number of nitrogens with one attached hydrogen (secondary N) is 1. The van der Waals surface area contributed by atoms with Gasteiger partial charge in [-0.2, -0.15) is 4.31 Å². The average molecular weight is 491 g/mol. The van der Waals surface area contributed by atoms with Gasteiger partial charge in [0.2, 0.25) is 10.0 Å². The van der Waals surface area contributed by atoms with Crippen molar-refractivity contribution in [1.82, 2.24) is 19.2 Å². The van der Waals surface area contributed by atoms with Gasteiger partial charge in [0.1, 0.15) is 10.7 Å². The summed E-state index contributed by atoms with van der Waals surface area (Å²) in [6.07, 6.45) is 0.761. The van der Waals surface area contributed by atoms with Crippen LogP contribution in [-0.4, -0.2) is 67.0 Å². The average Bonchev–Trinajstić information content (AvgIpc) is 2.95. The van der Waals surface area contributed by atoms with Crippen molar-refractivity contribution in [3.05, 3.63) is 44.8 Å². The predicted molar refractivity (Wildman–Crippen MR) is 126 cm³/mol. The fourth-order valence-corrected chi connectivity index (χ4v) is 6.65. The van der Waals surface area contributed by atoms with Gasteiger partial charge in [0.05, 0.1) is 30.0 Å². The Balaban J connectivity index is 1.28. The Hall–Kier alpha value is -2.47. The van der Waals surface area contributed by atoms with E-state index in [1.807, 2.05) is 13.8 Å². The fourth-order valence-electron chi connectivity index (χ4n) is 4.17. The van der Waals surface area contributed by atoms with Crippen molar-refractivity contribution < 1.29 is 17.9 Å². The summed E-state index contributed by atoms with van der Waals surface area (Å²) in [6, 6.07) is 4.79. The van der Waals surface area contributed by atoms with Gasteiger partial charge >= 0.3 is 0 Å². The number of hydrogen-bond acceptors (Lipinski definition) is 8. The quantitative estimate of drug-likeness (QED) is 0.598. The monoisotopic (exact) mass is 490 g/mol. The molecule has 11 heteroatoms. The largest absolute Gasteiger partial charge is 0.490 e. The highest BCUT2D eigenvalue weighted by atomic mass is 32.2. The van der Waals surface area contributed by atoms with Gasteiger partial charge in [-0.1, -0.05) is 0 Å². The molecule has 2 aliphatic rings. The molecule has 2 aliphatic heterocycles. The Labute approximate surface area is 196 Å². The molecule has 2 aromatic heterocycles. The molecule has 1 N–H and O–H groups in total. The summed E-state index contributed by atoms with van der Waals surface area (Å²) >= 11 is 1.53. The molecule has 9 nitrogen and oxygen atoms in total. The number of aryl methyl sites for hydroxylation is 2. The SMILES string of the molecule is Cc1sc2nc(CN3CCN(S(=O)(=O)c4ccc5c(c4)OCCCO5)CC3)[nH]c(=O)c2c1C. The molecule has 0 saturated carbocycles. The van der Waals surface area contributed by atoms with Gasteiger partial charge < -0.3 is 14.5 Å². The second-order valence-electron chi connectivity index (χ2n) is 8.32. The van der Waals surface area contributed by atoms with Gasteiger partial charge in [0.25, 0.3) is 5.56 Å². The Morgan fingerprint density at radius 3 is 2.58 bits per heavy atom. The lowest BCUT2D eigenvalue weighted by molar-refractivity contribution is 0.178. The molecular formula is C22H26N4O5S2. The van der Waals surface area contributed by atoms with Crippen LogP contribution >= 0.6 is 11.3 Å². The minimum absolute atomic E-state index is 0.118.